The average Bonchev–Trinajstić information content (AvgIpc) is 3.31. The number of rotatable bonds is 15. The van der Waals surface area contributed by atoms with Crippen molar-refractivity contribution in [3.05, 3.63) is 59.8 Å². The molecule has 2 aliphatic heterocycles. The third-order valence-corrected chi connectivity index (χ3v) is 7.13. The summed E-state index contributed by atoms with van der Waals surface area (Å²) in [5, 5.41) is 12.3. The second-order valence-electron chi connectivity index (χ2n) is 9.29. The highest BCUT2D eigenvalue weighted by molar-refractivity contribution is 6.19. The molecule has 1 fully saturated rings. The predicted octanol–water partition coefficient (Wildman–Crippen LogP) is 6.06. The molecule has 1 saturated heterocycles. The van der Waals surface area contributed by atoms with E-state index in [2.05, 4.69) is 42.8 Å². The summed E-state index contributed by atoms with van der Waals surface area (Å²) in [5.41, 5.74) is 1.40. The number of likely N-dealkylation sites (N-methyl/N-ethyl adjacent to an activating group) is 1. The van der Waals surface area contributed by atoms with Crippen molar-refractivity contribution < 1.29 is 9.13 Å². The Morgan fingerprint density at radius 3 is 2.86 bits per heavy atom. The molecule has 198 valence electrons. The highest BCUT2D eigenvalue weighted by Crippen LogP contribution is 2.32. The van der Waals surface area contributed by atoms with Gasteiger partial charge in [-0.2, -0.15) is 5.26 Å². The van der Waals surface area contributed by atoms with E-state index in [1.165, 1.54) is 5.57 Å². The quantitative estimate of drug-likeness (QED) is 0.212. The van der Waals surface area contributed by atoms with Crippen molar-refractivity contribution in [2.24, 2.45) is 4.99 Å². The first kappa shape index (κ1) is 30.0. The van der Waals surface area contributed by atoms with Crippen molar-refractivity contribution in [2.75, 3.05) is 38.7 Å². The number of halogens is 2. The van der Waals surface area contributed by atoms with Crippen LogP contribution < -0.4 is 5.32 Å². The van der Waals surface area contributed by atoms with Gasteiger partial charge in [0.25, 0.3) is 0 Å². The zero-order valence-corrected chi connectivity index (χ0v) is 22.9. The van der Waals surface area contributed by atoms with Crippen LogP contribution in [0.15, 0.2) is 64.7 Å². The summed E-state index contributed by atoms with van der Waals surface area (Å²) in [7, 11) is 0. The van der Waals surface area contributed by atoms with Crippen LogP contribution in [0.5, 0.6) is 0 Å². The van der Waals surface area contributed by atoms with Crippen LogP contribution in [0.4, 0.5) is 4.39 Å². The van der Waals surface area contributed by atoms with E-state index in [0.717, 1.165) is 37.4 Å². The van der Waals surface area contributed by atoms with Crippen LogP contribution in [0, 0.1) is 11.3 Å². The molecule has 7 heteroatoms. The van der Waals surface area contributed by atoms with E-state index in [9.17, 15) is 0 Å². The lowest BCUT2D eigenvalue weighted by atomic mass is 9.88. The number of hydrogen-bond acceptors (Lipinski definition) is 5. The number of nitrogens with one attached hydrogen (secondary N) is 1. The Hall–Kier alpha value is -2.20. The average molecular weight is 517 g/mol. The summed E-state index contributed by atoms with van der Waals surface area (Å²) >= 11 is 6.02. The number of amidine groups is 1. The summed E-state index contributed by atoms with van der Waals surface area (Å²) in [4.78, 5) is 7.13. The van der Waals surface area contributed by atoms with E-state index in [-0.39, 0.29) is 12.5 Å². The second kappa shape index (κ2) is 15.8. The van der Waals surface area contributed by atoms with Crippen LogP contribution in [0.1, 0.15) is 52.9 Å². The Bertz CT molecular complexity index is 917. The van der Waals surface area contributed by atoms with Gasteiger partial charge in [-0.05, 0) is 49.5 Å². The molecular formula is C29H42ClFN4O. The number of allylic oxidation sites excluding steroid dienone is 6. The molecule has 2 heterocycles. The molecule has 0 aromatic heterocycles. The molecule has 2 aliphatic rings. The fraction of sp³-hybridized carbons (Fsp3) is 0.586. The van der Waals surface area contributed by atoms with Gasteiger partial charge in [0.15, 0.2) is 0 Å². The van der Waals surface area contributed by atoms with Crippen LogP contribution in [0.3, 0.4) is 0 Å². The van der Waals surface area contributed by atoms with Crippen molar-refractivity contribution >= 4 is 17.4 Å². The molecule has 36 heavy (non-hydrogen) atoms. The predicted molar refractivity (Wildman–Crippen MR) is 149 cm³/mol. The number of ether oxygens (including phenoxy) is 1. The number of nitrogens with zero attached hydrogens (tertiary/aromatic N) is 3. The fourth-order valence-corrected chi connectivity index (χ4v) is 4.80. The topological polar surface area (TPSA) is 60.7 Å². The Balaban J connectivity index is 2.12. The van der Waals surface area contributed by atoms with E-state index in [0.29, 0.717) is 50.0 Å². The fourth-order valence-electron chi connectivity index (χ4n) is 4.57. The largest absolute Gasteiger partial charge is 0.379 e. The van der Waals surface area contributed by atoms with Crippen molar-refractivity contribution in [1.82, 2.24) is 10.2 Å². The zero-order valence-electron chi connectivity index (χ0n) is 22.1. The first-order chi connectivity index (χ1) is 17.4. The Morgan fingerprint density at radius 1 is 1.42 bits per heavy atom. The third kappa shape index (κ3) is 9.03. The standard InChI is InChI=1S/C29H42ClFN4O/c1-5-10-25(11-8-9-18-32)29(31,6-2)16-19-35(7-3)21-24(23(4)14-17-30)12-13-28-33-26-15-20-36-22-27(26)34-28/h5,8,10-12,14,26-27H,1,6-7,9,13,15-17,19-22H2,2-4H3,(H,33,34)/b11-8-,23-14-,24-12-,25-10+. The van der Waals surface area contributed by atoms with Crippen molar-refractivity contribution in [1.29, 1.82) is 5.26 Å². The maximum Gasteiger partial charge on any atom is 0.137 e. The zero-order chi connectivity index (χ0) is 26.4. The summed E-state index contributed by atoms with van der Waals surface area (Å²) in [6, 6.07) is 2.66. The maximum absolute atomic E-state index is 16.1. The number of alkyl halides is 2. The van der Waals surface area contributed by atoms with Gasteiger partial charge in [-0.15, -0.1) is 11.6 Å². The van der Waals surface area contributed by atoms with Crippen LogP contribution >= 0.6 is 11.6 Å². The van der Waals surface area contributed by atoms with Crippen molar-refractivity contribution in [3.8, 4) is 6.07 Å². The molecule has 1 N–H and O–H groups in total. The highest BCUT2D eigenvalue weighted by atomic mass is 35.5. The molecular weight excluding hydrogens is 475 g/mol. The van der Waals surface area contributed by atoms with Gasteiger partial charge in [-0.25, -0.2) is 4.39 Å². The number of hydrogen-bond donors (Lipinski definition) is 1. The molecule has 5 nitrogen and oxygen atoms in total. The first-order valence-electron chi connectivity index (χ1n) is 13.0. The van der Waals surface area contributed by atoms with Gasteiger partial charge in [-0.3, -0.25) is 9.89 Å². The lowest BCUT2D eigenvalue weighted by Crippen LogP contribution is -2.42. The molecule has 0 aromatic rings. The summed E-state index contributed by atoms with van der Waals surface area (Å²) in [6.07, 6.45) is 13.7. The van der Waals surface area contributed by atoms with Gasteiger partial charge < -0.3 is 10.1 Å². The lowest BCUT2D eigenvalue weighted by Gasteiger charge is -2.30. The molecule has 3 unspecified atom stereocenters. The van der Waals surface area contributed by atoms with Crippen molar-refractivity contribution in [2.45, 2.75) is 70.6 Å². The second-order valence-corrected chi connectivity index (χ2v) is 9.60. The summed E-state index contributed by atoms with van der Waals surface area (Å²) < 4.78 is 21.6. The van der Waals surface area contributed by atoms with Gasteiger partial charge in [-0.1, -0.05) is 56.9 Å². The minimum Gasteiger partial charge on any atom is -0.379 e. The molecule has 0 spiro atoms. The molecule has 0 bridgehead atoms. The Kier molecular flexibility index (Phi) is 13.2. The molecule has 2 rings (SSSR count). The smallest absolute Gasteiger partial charge is 0.137 e. The molecule has 0 saturated carbocycles. The third-order valence-electron chi connectivity index (χ3n) is 6.97. The van der Waals surface area contributed by atoms with Crippen molar-refractivity contribution in [3.63, 3.8) is 0 Å². The SMILES string of the molecule is C=C/C=C(\C=C/CC#N)C(F)(CC)CCN(CC)CC(=C/CC1=NC2CCOCC2N1)/C(C)=C\CCl. The number of nitriles is 1. The minimum atomic E-state index is -1.49. The maximum atomic E-state index is 16.1. The van der Waals surface area contributed by atoms with E-state index in [1.54, 1.807) is 24.3 Å². The summed E-state index contributed by atoms with van der Waals surface area (Å²) in [6.45, 7) is 13.4. The Labute approximate surface area is 222 Å². The summed E-state index contributed by atoms with van der Waals surface area (Å²) in [5.74, 6) is 1.45. The van der Waals surface area contributed by atoms with Crippen LogP contribution in [0.2, 0.25) is 0 Å². The highest BCUT2D eigenvalue weighted by Gasteiger charge is 2.32. The van der Waals surface area contributed by atoms with E-state index < -0.39 is 5.67 Å². The lowest BCUT2D eigenvalue weighted by molar-refractivity contribution is 0.0703. The number of aliphatic imine (C=N–C) groups is 1. The van der Waals surface area contributed by atoms with E-state index >= 15 is 4.39 Å². The van der Waals surface area contributed by atoms with Crippen LogP contribution in [0.25, 0.3) is 0 Å². The van der Waals surface area contributed by atoms with Crippen LogP contribution in [-0.2, 0) is 4.74 Å². The van der Waals surface area contributed by atoms with Gasteiger partial charge in [0.2, 0.25) is 0 Å². The van der Waals surface area contributed by atoms with E-state index in [4.69, 9.17) is 26.6 Å². The molecule has 0 aliphatic carbocycles. The van der Waals surface area contributed by atoms with Gasteiger partial charge in [0, 0.05) is 32.0 Å². The monoisotopic (exact) mass is 516 g/mol. The first-order valence-corrected chi connectivity index (χ1v) is 13.5. The van der Waals surface area contributed by atoms with Gasteiger partial charge in [0.05, 0.1) is 31.2 Å². The van der Waals surface area contributed by atoms with Crippen LogP contribution in [-0.4, -0.2) is 67.2 Å². The minimum absolute atomic E-state index is 0.254. The van der Waals surface area contributed by atoms with Gasteiger partial charge >= 0.3 is 0 Å². The van der Waals surface area contributed by atoms with E-state index in [1.807, 2.05) is 13.0 Å². The normalized spacial score (nSPS) is 22.7. The molecule has 3 atom stereocenters. The molecule has 0 amide bonds. The molecule has 0 aromatic carbocycles. The Morgan fingerprint density at radius 2 is 2.22 bits per heavy atom. The number of fused-ring (bicyclic) bond motifs is 1. The van der Waals surface area contributed by atoms with Gasteiger partial charge in [0.1, 0.15) is 11.5 Å². The molecule has 0 radical (unpaired) electrons.